The van der Waals surface area contributed by atoms with Gasteiger partial charge in [0.25, 0.3) is 0 Å². The molecule has 2 aliphatic rings. The van der Waals surface area contributed by atoms with E-state index in [9.17, 15) is 17.6 Å². The number of benzene rings is 1. The molecule has 1 aromatic rings. The minimum Gasteiger partial charge on any atom is -0.353 e. The van der Waals surface area contributed by atoms with Gasteiger partial charge in [-0.1, -0.05) is 19.8 Å². The maximum atomic E-state index is 13.0. The summed E-state index contributed by atoms with van der Waals surface area (Å²) in [5, 5.41) is 3.25. The molecule has 7 heteroatoms. The molecule has 0 aliphatic heterocycles. The summed E-state index contributed by atoms with van der Waals surface area (Å²) in [6, 6.07) is 5.13. The van der Waals surface area contributed by atoms with Crippen molar-refractivity contribution in [3.8, 4) is 0 Å². The summed E-state index contributed by atoms with van der Waals surface area (Å²) in [4.78, 5) is 12.7. The van der Waals surface area contributed by atoms with Crippen molar-refractivity contribution in [3.63, 3.8) is 0 Å². The van der Waals surface area contributed by atoms with E-state index in [1.165, 1.54) is 31.4 Å². The fourth-order valence-corrected chi connectivity index (χ4v) is 5.50. The lowest BCUT2D eigenvalue weighted by Gasteiger charge is -2.33. The van der Waals surface area contributed by atoms with Crippen LogP contribution in [0.25, 0.3) is 0 Å². The van der Waals surface area contributed by atoms with Crippen molar-refractivity contribution < 1.29 is 17.6 Å². The maximum absolute atomic E-state index is 13.0. The quantitative estimate of drug-likeness (QED) is 0.752. The molecule has 2 fully saturated rings. The van der Waals surface area contributed by atoms with Crippen LogP contribution in [0, 0.1) is 23.6 Å². The predicted octanol–water partition coefficient (Wildman–Crippen LogP) is 3.61. The third kappa shape index (κ3) is 5.54. The molecule has 1 aromatic carbocycles. The summed E-state index contributed by atoms with van der Waals surface area (Å²) < 4.78 is 40.2. The van der Waals surface area contributed by atoms with E-state index in [1.54, 1.807) is 0 Å². The van der Waals surface area contributed by atoms with Gasteiger partial charge >= 0.3 is 0 Å². The zero-order valence-electron chi connectivity index (χ0n) is 16.5. The van der Waals surface area contributed by atoms with E-state index in [2.05, 4.69) is 17.0 Å². The third-order valence-corrected chi connectivity index (χ3v) is 7.78. The normalized spacial score (nSPS) is 28.6. The molecule has 28 heavy (non-hydrogen) atoms. The molecule has 0 spiro atoms. The number of hydrogen-bond acceptors (Lipinski definition) is 3. The number of hydrogen-bond donors (Lipinski definition) is 2. The highest BCUT2D eigenvalue weighted by molar-refractivity contribution is 7.89. The summed E-state index contributed by atoms with van der Waals surface area (Å²) in [5.74, 6) is 0.532. The van der Waals surface area contributed by atoms with Gasteiger partial charge in [-0.2, -0.15) is 0 Å². The first-order valence-corrected chi connectivity index (χ1v) is 11.9. The SMILES string of the molecule is C[C@@H]1CCCC[C@H]1NC(=O)C1CCC(CNS(=O)(=O)c2ccc(F)cc2)CC1. The van der Waals surface area contributed by atoms with Crippen molar-refractivity contribution in [1.82, 2.24) is 10.0 Å². The highest BCUT2D eigenvalue weighted by Gasteiger charge is 2.30. The number of carbonyl (C=O) groups excluding carboxylic acids is 1. The van der Waals surface area contributed by atoms with Crippen LogP contribution in [0.4, 0.5) is 4.39 Å². The van der Waals surface area contributed by atoms with Crippen molar-refractivity contribution in [1.29, 1.82) is 0 Å². The van der Waals surface area contributed by atoms with Crippen molar-refractivity contribution in [2.24, 2.45) is 17.8 Å². The van der Waals surface area contributed by atoms with Gasteiger partial charge in [0.05, 0.1) is 4.90 Å². The topological polar surface area (TPSA) is 75.3 Å². The van der Waals surface area contributed by atoms with Gasteiger partial charge in [-0.05, 0) is 74.6 Å². The second-order valence-corrected chi connectivity index (χ2v) is 10.2. The van der Waals surface area contributed by atoms with E-state index in [1.807, 2.05) is 0 Å². The number of amides is 1. The van der Waals surface area contributed by atoms with Crippen LogP contribution in [0.5, 0.6) is 0 Å². The molecular weight excluding hydrogens is 379 g/mol. The first kappa shape index (κ1) is 21.2. The Balaban J connectivity index is 1.43. The van der Waals surface area contributed by atoms with E-state index in [4.69, 9.17) is 0 Å². The summed E-state index contributed by atoms with van der Waals surface area (Å²) in [5.41, 5.74) is 0. The Morgan fingerprint density at radius 1 is 1.04 bits per heavy atom. The maximum Gasteiger partial charge on any atom is 0.240 e. The predicted molar refractivity (Wildman–Crippen MR) is 107 cm³/mol. The van der Waals surface area contributed by atoms with Crippen LogP contribution >= 0.6 is 0 Å². The molecule has 156 valence electrons. The molecule has 0 heterocycles. The smallest absolute Gasteiger partial charge is 0.240 e. The molecule has 0 radical (unpaired) electrons. The molecule has 3 rings (SSSR count). The largest absolute Gasteiger partial charge is 0.353 e. The van der Waals surface area contributed by atoms with Gasteiger partial charge in [-0.3, -0.25) is 4.79 Å². The Labute approximate surface area is 167 Å². The molecule has 1 amide bonds. The molecule has 2 N–H and O–H groups in total. The van der Waals surface area contributed by atoms with E-state index in [-0.39, 0.29) is 22.6 Å². The first-order chi connectivity index (χ1) is 13.3. The van der Waals surface area contributed by atoms with Crippen LogP contribution < -0.4 is 10.0 Å². The summed E-state index contributed by atoms with van der Waals surface area (Å²) in [6.07, 6.45) is 7.99. The van der Waals surface area contributed by atoms with Crippen molar-refractivity contribution in [3.05, 3.63) is 30.1 Å². The number of nitrogens with one attached hydrogen (secondary N) is 2. The van der Waals surface area contributed by atoms with E-state index >= 15 is 0 Å². The van der Waals surface area contributed by atoms with Crippen LogP contribution in [-0.2, 0) is 14.8 Å². The lowest BCUT2D eigenvalue weighted by atomic mass is 9.80. The molecule has 0 saturated heterocycles. The molecule has 0 unspecified atom stereocenters. The fraction of sp³-hybridized carbons (Fsp3) is 0.667. The lowest BCUT2D eigenvalue weighted by molar-refractivity contribution is -0.127. The minimum absolute atomic E-state index is 0.0408. The van der Waals surface area contributed by atoms with E-state index in [0.717, 1.165) is 44.2 Å². The second kappa shape index (κ2) is 9.35. The Bertz CT molecular complexity index is 758. The van der Waals surface area contributed by atoms with Crippen LogP contribution in [0.3, 0.4) is 0 Å². The highest BCUT2D eigenvalue weighted by Crippen LogP contribution is 2.30. The van der Waals surface area contributed by atoms with E-state index in [0.29, 0.717) is 18.5 Å². The standard InChI is InChI=1S/C21H31FN2O3S/c1-15-4-2-3-5-20(15)24-21(25)17-8-6-16(7-9-17)14-23-28(26,27)19-12-10-18(22)11-13-19/h10-13,15-17,20,23H,2-9,14H2,1H3,(H,24,25)/t15-,16?,17?,20-/m1/s1. The molecule has 5 nitrogen and oxygen atoms in total. The van der Waals surface area contributed by atoms with Gasteiger partial charge < -0.3 is 5.32 Å². The Kier molecular flexibility index (Phi) is 7.10. The van der Waals surface area contributed by atoms with Gasteiger partial charge in [0.2, 0.25) is 15.9 Å². The molecule has 0 bridgehead atoms. The third-order valence-electron chi connectivity index (χ3n) is 6.34. The van der Waals surface area contributed by atoms with Gasteiger partial charge in [0.15, 0.2) is 0 Å². The number of halogens is 1. The van der Waals surface area contributed by atoms with Crippen LogP contribution in [-0.4, -0.2) is 26.9 Å². The number of rotatable bonds is 6. The van der Waals surface area contributed by atoms with Crippen molar-refractivity contribution in [2.45, 2.75) is 69.2 Å². The van der Waals surface area contributed by atoms with E-state index < -0.39 is 15.8 Å². The highest BCUT2D eigenvalue weighted by atomic mass is 32.2. The van der Waals surface area contributed by atoms with Crippen LogP contribution in [0.2, 0.25) is 0 Å². The summed E-state index contributed by atoms with van der Waals surface area (Å²) in [6.45, 7) is 2.57. The zero-order chi connectivity index (χ0) is 20.1. The second-order valence-electron chi connectivity index (χ2n) is 8.40. The summed E-state index contributed by atoms with van der Waals surface area (Å²) >= 11 is 0. The van der Waals surface area contributed by atoms with Crippen LogP contribution in [0.15, 0.2) is 29.2 Å². The molecule has 0 aromatic heterocycles. The monoisotopic (exact) mass is 410 g/mol. The first-order valence-electron chi connectivity index (χ1n) is 10.4. The molecule has 2 aliphatic carbocycles. The van der Waals surface area contributed by atoms with Crippen molar-refractivity contribution >= 4 is 15.9 Å². The van der Waals surface area contributed by atoms with Crippen LogP contribution in [0.1, 0.15) is 58.3 Å². The van der Waals surface area contributed by atoms with Gasteiger partial charge in [-0.15, -0.1) is 0 Å². The lowest BCUT2D eigenvalue weighted by Crippen LogP contribution is -2.44. The fourth-order valence-electron chi connectivity index (χ4n) is 4.38. The average Bonchev–Trinajstić information content (AvgIpc) is 2.69. The average molecular weight is 411 g/mol. The molecule has 2 saturated carbocycles. The number of sulfonamides is 1. The summed E-state index contributed by atoms with van der Waals surface area (Å²) in [7, 11) is -3.63. The zero-order valence-corrected chi connectivity index (χ0v) is 17.3. The minimum atomic E-state index is -3.63. The van der Waals surface area contributed by atoms with Gasteiger partial charge in [0.1, 0.15) is 5.82 Å². The molecule has 2 atom stereocenters. The Morgan fingerprint density at radius 2 is 1.68 bits per heavy atom. The number of carbonyl (C=O) groups is 1. The van der Waals surface area contributed by atoms with Crippen molar-refractivity contribution in [2.75, 3.05) is 6.54 Å². The Hall–Kier alpha value is -1.47. The molecular formula is C21H31FN2O3S. The van der Waals surface area contributed by atoms with Gasteiger partial charge in [-0.25, -0.2) is 17.5 Å². The Morgan fingerprint density at radius 3 is 2.32 bits per heavy atom. The van der Waals surface area contributed by atoms with Gasteiger partial charge in [0, 0.05) is 18.5 Å².